The van der Waals surface area contributed by atoms with Gasteiger partial charge in [0.2, 0.25) is 5.91 Å². The van der Waals surface area contributed by atoms with Crippen LogP contribution in [0.1, 0.15) is 25.7 Å². The number of rotatable bonds is 8. The molecule has 16 heavy (non-hydrogen) atoms. The Morgan fingerprint density at radius 3 is 2.81 bits per heavy atom. The molecule has 1 unspecified atom stereocenters. The zero-order valence-corrected chi connectivity index (χ0v) is 9.89. The number of hydrogen-bond donors (Lipinski definition) is 2. The van der Waals surface area contributed by atoms with Crippen LogP contribution in [0.15, 0.2) is 0 Å². The van der Waals surface area contributed by atoms with E-state index in [1.54, 1.807) is 12.0 Å². The molecule has 1 rings (SSSR count). The van der Waals surface area contributed by atoms with Crippen LogP contribution in [0.5, 0.6) is 0 Å². The van der Waals surface area contributed by atoms with Crippen molar-refractivity contribution in [2.24, 2.45) is 5.73 Å². The highest BCUT2D eigenvalue weighted by Gasteiger charge is 2.33. The third-order valence-corrected chi connectivity index (χ3v) is 2.79. The molecule has 94 valence electrons. The Kier molecular flexibility index (Phi) is 5.73. The predicted octanol–water partition coefficient (Wildman–Crippen LogP) is -0.276. The SMILES string of the molecule is COCCCC(N)C(=O)N(CCO)C1CC1. The minimum Gasteiger partial charge on any atom is -0.395 e. The van der Waals surface area contributed by atoms with Gasteiger partial charge in [-0.05, 0) is 25.7 Å². The average Bonchev–Trinajstić information content (AvgIpc) is 3.09. The summed E-state index contributed by atoms with van der Waals surface area (Å²) in [5, 5.41) is 8.90. The quantitative estimate of drug-likeness (QED) is 0.562. The Labute approximate surface area is 96.6 Å². The molecule has 0 bridgehead atoms. The van der Waals surface area contributed by atoms with Crippen LogP contribution in [-0.4, -0.2) is 54.9 Å². The topological polar surface area (TPSA) is 75.8 Å². The van der Waals surface area contributed by atoms with Crippen molar-refractivity contribution < 1.29 is 14.6 Å². The van der Waals surface area contributed by atoms with E-state index in [2.05, 4.69) is 0 Å². The fourth-order valence-corrected chi connectivity index (χ4v) is 1.75. The Morgan fingerprint density at radius 1 is 1.62 bits per heavy atom. The minimum atomic E-state index is -0.456. The van der Waals surface area contributed by atoms with E-state index in [0.29, 0.717) is 25.6 Å². The Bertz CT molecular complexity index is 219. The molecule has 1 aliphatic rings. The molecule has 5 heteroatoms. The molecule has 0 radical (unpaired) electrons. The van der Waals surface area contributed by atoms with Gasteiger partial charge in [-0.2, -0.15) is 0 Å². The minimum absolute atomic E-state index is 0.00698. The highest BCUT2D eigenvalue weighted by atomic mass is 16.5. The van der Waals surface area contributed by atoms with E-state index in [1.807, 2.05) is 0 Å². The summed E-state index contributed by atoms with van der Waals surface area (Å²) in [6.07, 6.45) is 3.51. The van der Waals surface area contributed by atoms with Crippen molar-refractivity contribution in [2.45, 2.75) is 37.8 Å². The summed E-state index contributed by atoms with van der Waals surface area (Å²) in [4.78, 5) is 13.7. The molecule has 0 aliphatic heterocycles. The fraction of sp³-hybridized carbons (Fsp3) is 0.909. The lowest BCUT2D eigenvalue weighted by molar-refractivity contribution is -0.133. The summed E-state index contributed by atoms with van der Waals surface area (Å²) in [5.74, 6) is -0.0346. The van der Waals surface area contributed by atoms with Gasteiger partial charge in [0.15, 0.2) is 0 Å². The number of ether oxygens (including phenoxy) is 1. The van der Waals surface area contributed by atoms with Crippen LogP contribution in [0.25, 0.3) is 0 Å². The van der Waals surface area contributed by atoms with Crippen LogP contribution < -0.4 is 5.73 Å². The van der Waals surface area contributed by atoms with Gasteiger partial charge in [0.25, 0.3) is 0 Å². The van der Waals surface area contributed by atoms with E-state index in [1.165, 1.54) is 0 Å². The van der Waals surface area contributed by atoms with Crippen LogP contribution in [0.2, 0.25) is 0 Å². The van der Waals surface area contributed by atoms with E-state index >= 15 is 0 Å². The lowest BCUT2D eigenvalue weighted by atomic mass is 10.1. The van der Waals surface area contributed by atoms with Gasteiger partial charge in [-0.25, -0.2) is 0 Å². The lowest BCUT2D eigenvalue weighted by Crippen LogP contribution is -2.46. The summed E-state index contributed by atoms with van der Waals surface area (Å²) >= 11 is 0. The predicted molar refractivity (Wildman–Crippen MR) is 60.9 cm³/mol. The molecule has 0 aromatic rings. The molecule has 1 fully saturated rings. The molecule has 0 saturated heterocycles. The molecule has 0 heterocycles. The van der Waals surface area contributed by atoms with Crippen molar-refractivity contribution >= 4 is 5.91 Å². The van der Waals surface area contributed by atoms with E-state index < -0.39 is 6.04 Å². The number of aliphatic hydroxyl groups excluding tert-OH is 1. The molecule has 1 saturated carbocycles. The molecule has 0 aromatic heterocycles. The Morgan fingerprint density at radius 2 is 2.31 bits per heavy atom. The van der Waals surface area contributed by atoms with Gasteiger partial charge in [0.1, 0.15) is 0 Å². The standard InChI is InChI=1S/C11H22N2O3/c1-16-8-2-3-10(12)11(15)13(6-7-14)9-4-5-9/h9-10,14H,2-8,12H2,1H3. The van der Waals surface area contributed by atoms with Crippen molar-refractivity contribution in [3.8, 4) is 0 Å². The Hall–Kier alpha value is -0.650. The van der Waals surface area contributed by atoms with Gasteiger partial charge >= 0.3 is 0 Å². The van der Waals surface area contributed by atoms with Gasteiger partial charge in [0, 0.05) is 26.3 Å². The van der Waals surface area contributed by atoms with Gasteiger partial charge in [-0.15, -0.1) is 0 Å². The smallest absolute Gasteiger partial charge is 0.239 e. The number of nitrogens with zero attached hydrogens (tertiary/aromatic N) is 1. The monoisotopic (exact) mass is 230 g/mol. The fourth-order valence-electron chi connectivity index (χ4n) is 1.75. The second-order valence-electron chi connectivity index (χ2n) is 4.23. The van der Waals surface area contributed by atoms with Crippen molar-refractivity contribution in [1.82, 2.24) is 4.90 Å². The number of nitrogens with two attached hydrogens (primary N) is 1. The maximum absolute atomic E-state index is 12.0. The maximum atomic E-state index is 12.0. The first-order valence-electron chi connectivity index (χ1n) is 5.86. The van der Waals surface area contributed by atoms with E-state index in [0.717, 1.165) is 19.3 Å². The molecule has 0 aromatic carbocycles. The van der Waals surface area contributed by atoms with Crippen LogP contribution >= 0.6 is 0 Å². The van der Waals surface area contributed by atoms with Crippen LogP contribution in [0, 0.1) is 0 Å². The van der Waals surface area contributed by atoms with E-state index in [-0.39, 0.29) is 12.5 Å². The maximum Gasteiger partial charge on any atom is 0.239 e. The number of carbonyl (C=O) groups is 1. The third kappa shape index (κ3) is 4.08. The van der Waals surface area contributed by atoms with E-state index in [9.17, 15) is 4.79 Å². The van der Waals surface area contributed by atoms with E-state index in [4.69, 9.17) is 15.6 Å². The first-order chi connectivity index (χ1) is 7.70. The molecule has 3 N–H and O–H groups in total. The summed E-state index contributed by atoms with van der Waals surface area (Å²) in [6, 6.07) is -0.143. The van der Waals surface area contributed by atoms with Crippen LogP contribution in [0.4, 0.5) is 0 Å². The van der Waals surface area contributed by atoms with Crippen LogP contribution in [0.3, 0.4) is 0 Å². The highest BCUT2D eigenvalue weighted by Crippen LogP contribution is 2.27. The van der Waals surface area contributed by atoms with Gasteiger partial charge in [-0.3, -0.25) is 4.79 Å². The molecular formula is C11H22N2O3. The molecule has 1 aliphatic carbocycles. The summed E-state index contributed by atoms with van der Waals surface area (Å²) in [6.45, 7) is 1.04. The first kappa shape index (κ1) is 13.4. The normalized spacial score (nSPS) is 17.2. The zero-order chi connectivity index (χ0) is 12.0. The molecule has 1 amide bonds. The summed E-state index contributed by atoms with van der Waals surface area (Å²) in [7, 11) is 1.63. The number of hydrogen-bond acceptors (Lipinski definition) is 4. The van der Waals surface area contributed by atoms with Crippen molar-refractivity contribution in [2.75, 3.05) is 26.9 Å². The van der Waals surface area contributed by atoms with Gasteiger partial charge in [0.05, 0.1) is 12.6 Å². The summed E-state index contributed by atoms with van der Waals surface area (Å²) < 4.78 is 4.92. The van der Waals surface area contributed by atoms with Crippen molar-refractivity contribution in [3.05, 3.63) is 0 Å². The number of carbonyl (C=O) groups excluding carboxylic acids is 1. The Balaban J connectivity index is 2.33. The first-order valence-corrected chi connectivity index (χ1v) is 5.86. The highest BCUT2D eigenvalue weighted by molar-refractivity contribution is 5.82. The second kappa shape index (κ2) is 6.83. The van der Waals surface area contributed by atoms with Crippen LogP contribution in [-0.2, 0) is 9.53 Å². The molecular weight excluding hydrogens is 208 g/mol. The van der Waals surface area contributed by atoms with Gasteiger partial charge in [-0.1, -0.05) is 0 Å². The lowest BCUT2D eigenvalue weighted by Gasteiger charge is -2.24. The molecule has 1 atom stereocenters. The largest absolute Gasteiger partial charge is 0.395 e. The third-order valence-electron chi connectivity index (χ3n) is 2.79. The number of methoxy groups -OCH3 is 1. The number of amides is 1. The molecule has 5 nitrogen and oxygen atoms in total. The van der Waals surface area contributed by atoms with Crippen molar-refractivity contribution in [1.29, 1.82) is 0 Å². The van der Waals surface area contributed by atoms with Gasteiger partial charge < -0.3 is 20.5 Å². The molecule has 0 spiro atoms. The van der Waals surface area contributed by atoms with Crippen molar-refractivity contribution in [3.63, 3.8) is 0 Å². The second-order valence-corrected chi connectivity index (χ2v) is 4.23. The average molecular weight is 230 g/mol. The zero-order valence-electron chi connectivity index (χ0n) is 9.89. The summed E-state index contributed by atoms with van der Waals surface area (Å²) in [5.41, 5.74) is 5.83. The number of aliphatic hydroxyl groups is 1.